The van der Waals surface area contributed by atoms with E-state index in [-0.39, 0.29) is 11.7 Å². The Hall–Kier alpha value is -3.59. The van der Waals surface area contributed by atoms with Crippen molar-refractivity contribution in [2.45, 2.75) is 31.4 Å². The summed E-state index contributed by atoms with van der Waals surface area (Å²) < 4.78 is 32.1. The van der Waals surface area contributed by atoms with Gasteiger partial charge in [-0.15, -0.1) is 8.78 Å². The monoisotopic (exact) mass is 469 g/mol. The summed E-state index contributed by atoms with van der Waals surface area (Å²) >= 11 is 4.78. The second-order valence-electron chi connectivity index (χ2n) is 7.81. The Morgan fingerprint density at radius 3 is 2.52 bits per heavy atom. The van der Waals surface area contributed by atoms with E-state index >= 15 is 0 Å². The number of nitrogens with one attached hydrogen (secondary N) is 1. The lowest BCUT2D eigenvalue weighted by atomic mass is 10.0. The molecule has 0 spiro atoms. The van der Waals surface area contributed by atoms with Crippen molar-refractivity contribution in [3.05, 3.63) is 66.5 Å². The summed E-state index contributed by atoms with van der Waals surface area (Å²) in [5, 5.41) is 2.77. The number of halogens is 3. The number of aromatic nitrogens is 4. The van der Waals surface area contributed by atoms with Gasteiger partial charge in [-0.05, 0) is 56.2 Å². The highest BCUT2D eigenvalue weighted by molar-refractivity contribution is 6.20. The molecule has 2 aromatic carbocycles. The van der Waals surface area contributed by atoms with Crippen LogP contribution < -0.4 is 10.1 Å². The minimum Gasteiger partial charge on any atom is -0.420 e. The molecule has 1 amide bonds. The smallest absolute Gasteiger partial charge is 0.420 e. The first-order chi connectivity index (χ1) is 15.8. The number of hydrogen-bond acceptors (Lipinski definition) is 5. The van der Waals surface area contributed by atoms with E-state index in [1.54, 1.807) is 24.5 Å². The van der Waals surface area contributed by atoms with E-state index in [1.165, 1.54) is 30.6 Å². The molecule has 0 atom stereocenters. The van der Waals surface area contributed by atoms with Gasteiger partial charge in [-0.25, -0.2) is 15.0 Å². The standard InChI is InChI=1S/C23H18ClF2N5O2/c1-13-29-20-9-14(22(32)30-16-2-6-18(7-3-16)33-23(24,25)26)8-19(15-10-27-12-28-11-15)21(20)31(13)17-4-5-17/h2-3,6-12,17H,4-5H2,1H3,(H,30,32). The molecule has 0 unspecified atom stereocenters. The molecule has 2 aromatic heterocycles. The molecular formula is C23H18ClF2N5O2. The van der Waals surface area contributed by atoms with Gasteiger partial charge in [-0.2, -0.15) is 0 Å². The number of hydrogen-bond donors (Lipinski definition) is 1. The van der Waals surface area contributed by atoms with Crippen LogP contribution in [0.2, 0.25) is 0 Å². The molecule has 1 saturated carbocycles. The van der Waals surface area contributed by atoms with Crippen molar-refractivity contribution in [1.82, 2.24) is 19.5 Å². The van der Waals surface area contributed by atoms with Gasteiger partial charge in [0.1, 0.15) is 17.9 Å². The summed E-state index contributed by atoms with van der Waals surface area (Å²) in [5.41, 5.74) is 0.258. The molecule has 0 radical (unpaired) electrons. The van der Waals surface area contributed by atoms with Crippen molar-refractivity contribution < 1.29 is 18.3 Å². The fourth-order valence-electron chi connectivity index (χ4n) is 3.86. The number of benzene rings is 2. The fraction of sp³-hybridized carbons (Fsp3) is 0.217. The molecule has 4 aromatic rings. The molecule has 5 rings (SSSR count). The number of carbonyl (C=O) groups excluding carboxylic acids is 1. The van der Waals surface area contributed by atoms with Gasteiger partial charge in [0.05, 0.1) is 11.0 Å². The predicted octanol–water partition coefficient (Wildman–Crippen LogP) is 5.56. The van der Waals surface area contributed by atoms with Gasteiger partial charge in [0.15, 0.2) is 0 Å². The van der Waals surface area contributed by atoms with Crippen LogP contribution in [-0.2, 0) is 0 Å². The lowest BCUT2D eigenvalue weighted by molar-refractivity contribution is -0.0964. The summed E-state index contributed by atoms with van der Waals surface area (Å²) in [7, 11) is 0. The zero-order valence-corrected chi connectivity index (χ0v) is 18.2. The van der Waals surface area contributed by atoms with Gasteiger partial charge in [0, 0.05) is 52.4 Å². The molecule has 0 saturated heterocycles. The molecule has 0 bridgehead atoms. The molecule has 1 aliphatic rings. The first-order valence-corrected chi connectivity index (χ1v) is 10.6. The van der Waals surface area contributed by atoms with Crippen LogP contribution >= 0.6 is 11.6 Å². The average Bonchev–Trinajstić information content (AvgIpc) is 3.55. The summed E-state index contributed by atoms with van der Waals surface area (Å²) in [4.78, 5) is 26.0. The minimum atomic E-state index is -3.81. The van der Waals surface area contributed by atoms with Crippen LogP contribution in [0.4, 0.5) is 14.5 Å². The van der Waals surface area contributed by atoms with Crippen LogP contribution in [0.1, 0.15) is 35.1 Å². The van der Waals surface area contributed by atoms with Crippen molar-refractivity contribution in [1.29, 1.82) is 0 Å². The first-order valence-electron chi connectivity index (χ1n) is 10.2. The largest absolute Gasteiger partial charge is 0.487 e. The van der Waals surface area contributed by atoms with E-state index in [0.717, 1.165) is 35.3 Å². The van der Waals surface area contributed by atoms with Gasteiger partial charge in [-0.1, -0.05) is 0 Å². The Morgan fingerprint density at radius 1 is 1.18 bits per heavy atom. The number of carbonyl (C=O) groups is 1. The van der Waals surface area contributed by atoms with Crippen LogP contribution in [0.15, 0.2) is 55.1 Å². The van der Waals surface area contributed by atoms with Crippen LogP contribution in [-0.4, -0.2) is 31.0 Å². The van der Waals surface area contributed by atoms with Gasteiger partial charge in [0.25, 0.3) is 5.91 Å². The SMILES string of the molecule is Cc1nc2cc(C(=O)Nc3ccc(OC(F)(F)Cl)cc3)cc(-c3cncnc3)c2n1C1CC1. The third-order valence-corrected chi connectivity index (χ3v) is 5.43. The maximum Gasteiger partial charge on any atom is 0.487 e. The average molecular weight is 470 g/mol. The quantitative estimate of drug-likeness (QED) is 0.374. The number of ether oxygens (including phenoxy) is 1. The van der Waals surface area contributed by atoms with Crippen molar-refractivity contribution in [2.24, 2.45) is 0 Å². The number of alkyl halides is 3. The first kappa shape index (κ1) is 21.3. The van der Waals surface area contributed by atoms with E-state index in [4.69, 9.17) is 16.6 Å². The zero-order valence-electron chi connectivity index (χ0n) is 17.4. The minimum absolute atomic E-state index is 0.123. The highest BCUT2D eigenvalue weighted by atomic mass is 35.5. The number of anilines is 1. The summed E-state index contributed by atoms with van der Waals surface area (Å²) in [6.07, 6.45) is 7.04. The van der Waals surface area contributed by atoms with E-state index in [1.807, 2.05) is 6.92 Å². The van der Waals surface area contributed by atoms with Crippen LogP contribution in [0, 0.1) is 6.92 Å². The highest BCUT2D eigenvalue weighted by Gasteiger charge is 2.29. The Kier molecular flexibility index (Phi) is 5.20. The summed E-state index contributed by atoms with van der Waals surface area (Å²) in [6, 6.07) is 9.43. The van der Waals surface area contributed by atoms with Crippen molar-refractivity contribution >= 4 is 34.2 Å². The third-order valence-electron chi connectivity index (χ3n) is 5.35. The van der Waals surface area contributed by atoms with Crippen LogP contribution in [0.5, 0.6) is 5.75 Å². The molecule has 2 heterocycles. The Balaban J connectivity index is 1.50. The normalized spacial score (nSPS) is 13.8. The fourth-order valence-corrected chi connectivity index (χ4v) is 3.95. The number of aryl methyl sites for hydroxylation is 1. The highest BCUT2D eigenvalue weighted by Crippen LogP contribution is 2.41. The Bertz CT molecular complexity index is 1330. The molecule has 7 nitrogen and oxygen atoms in total. The number of nitrogens with zero attached hydrogens (tertiary/aromatic N) is 4. The number of amides is 1. The Morgan fingerprint density at radius 2 is 1.88 bits per heavy atom. The van der Waals surface area contributed by atoms with Gasteiger partial charge < -0.3 is 14.6 Å². The number of imidazole rings is 1. The maximum atomic E-state index is 13.0. The molecule has 10 heteroatoms. The van der Waals surface area contributed by atoms with Crippen molar-refractivity contribution in [3.8, 4) is 16.9 Å². The third kappa shape index (κ3) is 4.49. The van der Waals surface area contributed by atoms with E-state index < -0.39 is 5.57 Å². The number of fused-ring (bicyclic) bond motifs is 1. The summed E-state index contributed by atoms with van der Waals surface area (Å²) in [6.45, 7) is 1.96. The molecule has 33 heavy (non-hydrogen) atoms. The molecule has 0 aliphatic heterocycles. The van der Waals surface area contributed by atoms with Crippen LogP contribution in [0.25, 0.3) is 22.2 Å². The number of rotatable bonds is 6. The second-order valence-corrected chi connectivity index (χ2v) is 8.25. The van der Waals surface area contributed by atoms with Gasteiger partial charge in [-0.3, -0.25) is 4.79 Å². The summed E-state index contributed by atoms with van der Waals surface area (Å²) in [5.74, 6) is 0.390. The molecular weight excluding hydrogens is 452 g/mol. The lowest BCUT2D eigenvalue weighted by Gasteiger charge is -2.13. The lowest BCUT2D eigenvalue weighted by Crippen LogP contribution is -2.16. The van der Waals surface area contributed by atoms with Gasteiger partial charge in [0.2, 0.25) is 0 Å². The van der Waals surface area contributed by atoms with Crippen molar-refractivity contribution in [3.63, 3.8) is 0 Å². The van der Waals surface area contributed by atoms with Crippen molar-refractivity contribution in [2.75, 3.05) is 5.32 Å². The second kappa shape index (κ2) is 8.08. The maximum absolute atomic E-state index is 13.0. The van der Waals surface area contributed by atoms with E-state index in [0.29, 0.717) is 22.8 Å². The predicted molar refractivity (Wildman–Crippen MR) is 120 cm³/mol. The van der Waals surface area contributed by atoms with Gasteiger partial charge >= 0.3 is 5.57 Å². The molecule has 1 fully saturated rings. The molecule has 1 aliphatic carbocycles. The molecule has 168 valence electrons. The molecule has 1 N–H and O–H groups in total. The van der Waals surface area contributed by atoms with E-state index in [9.17, 15) is 13.6 Å². The zero-order chi connectivity index (χ0) is 23.2. The van der Waals surface area contributed by atoms with Crippen LogP contribution in [0.3, 0.4) is 0 Å². The topological polar surface area (TPSA) is 81.9 Å². The van der Waals surface area contributed by atoms with E-state index in [2.05, 4.69) is 24.6 Å². The Labute approximate surface area is 192 Å².